The van der Waals surface area contributed by atoms with Gasteiger partial charge in [0.05, 0.1) is 63.9 Å². The quantitative estimate of drug-likeness (QED) is 0.0220. The molecule has 0 aromatic rings. The third-order valence-corrected chi connectivity index (χ3v) is 20.9. The van der Waals surface area contributed by atoms with E-state index in [1.807, 2.05) is 0 Å². The van der Waals surface area contributed by atoms with Crippen molar-refractivity contribution in [2.75, 3.05) is 115 Å². The highest BCUT2D eigenvalue weighted by Crippen LogP contribution is 2.37. The number of rotatable bonds is 32. The summed E-state index contributed by atoms with van der Waals surface area (Å²) in [5.41, 5.74) is -3.74. The molecular formula is C52H94N2O27S5. The summed E-state index contributed by atoms with van der Waals surface area (Å²) in [6.45, 7) is -0.808. The van der Waals surface area contributed by atoms with Crippen molar-refractivity contribution in [3.8, 4) is 0 Å². The highest BCUT2D eigenvalue weighted by molar-refractivity contribution is 8.00. The van der Waals surface area contributed by atoms with E-state index in [9.17, 15) is 86.8 Å². The summed E-state index contributed by atoms with van der Waals surface area (Å²) in [6.07, 6.45) is -24.3. The Kier molecular flexibility index (Phi) is 33.5. The maximum absolute atomic E-state index is 11.4. The van der Waals surface area contributed by atoms with Gasteiger partial charge >= 0.3 is 0 Å². The number of hydrogen-bond donors (Lipinski definition) is 19. The van der Waals surface area contributed by atoms with E-state index in [0.717, 1.165) is 0 Å². The number of aliphatic hydroxyl groups is 17. The van der Waals surface area contributed by atoms with Gasteiger partial charge in [-0.2, -0.15) is 11.8 Å². The Morgan fingerprint density at radius 1 is 0.453 bits per heavy atom. The van der Waals surface area contributed by atoms with Crippen molar-refractivity contribution in [3.63, 3.8) is 0 Å². The summed E-state index contributed by atoms with van der Waals surface area (Å²) >= 11 is 10.8. The van der Waals surface area contributed by atoms with E-state index in [2.05, 4.69) is 10.6 Å². The zero-order valence-electron chi connectivity index (χ0n) is 47.8. The molecule has 0 radical (unpaired) electrons. The molecule has 10 unspecified atom stereocenters. The van der Waals surface area contributed by atoms with Gasteiger partial charge in [0.25, 0.3) is 0 Å². The van der Waals surface area contributed by atoms with Gasteiger partial charge in [0, 0.05) is 56.9 Å². The Morgan fingerprint density at radius 2 is 0.907 bits per heavy atom. The van der Waals surface area contributed by atoms with Crippen molar-refractivity contribution >= 4 is 64.4 Å². The first-order chi connectivity index (χ1) is 41.3. The highest BCUT2D eigenvalue weighted by atomic mass is 32.2. The Balaban J connectivity index is 1.07. The molecule has 29 nitrogen and oxygen atoms in total. The van der Waals surface area contributed by atoms with Crippen LogP contribution in [0.25, 0.3) is 0 Å². The summed E-state index contributed by atoms with van der Waals surface area (Å²) in [6, 6.07) is 0. The van der Waals surface area contributed by atoms with Gasteiger partial charge < -0.3 is 145 Å². The van der Waals surface area contributed by atoms with E-state index >= 15 is 0 Å². The zero-order chi connectivity index (χ0) is 62.5. The minimum atomic E-state index is -1.57. The van der Waals surface area contributed by atoms with E-state index in [-0.39, 0.29) is 57.9 Å². The van der Waals surface area contributed by atoms with Crippen molar-refractivity contribution in [1.82, 2.24) is 10.6 Å². The fourth-order valence-corrected chi connectivity index (χ4v) is 15.0. The lowest BCUT2D eigenvalue weighted by molar-refractivity contribution is -0.353. The van der Waals surface area contributed by atoms with Crippen LogP contribution in [0.2, 0.25) is 0 Å². The molecule has 8 rings (SSSR count). The molecule has 0 aromatic heterocycles. The molecule has 504 valence electrons. The van der Waals surface area contributed by atoms with Crippen LogP contribution in [0.4, 0.5) is 0 Å². The minimum Gasteiger partial charge on any atom is -0.394 e. The van der Waals surface area contributed by atoms with Gasteiger partial charge in [-0.1, -0.05) is 12.8 Å². The van der Waals surface area contributed by atoms with Crippen LogP contribution in [0.15, 0.2) is 0 Å². The van der Waals surface area contributed by atoms with Gasteiger partial charge in [-0.3, -0.25) is 0 Å². The largest absolute Gasteiger partial charge is 0.394 e. The van der Waals surface area contributed by atoms with Crippen LogP contribution in [-0.4, -0.2) is 351 Å². The lowest BCUT2D eigenvalue weighted by atomic mass is 9.85. The molecule has 0 saturated carbocycles. The van der Waals surface area contributed by atoms with Crippen LogP contribution in [0, 0.1) is 11.3 Å². The summed E-state index contributed by atoms with van der Waals surface area (Å²) < 4.78 is 59.6. The molecule has 86 heavy (non-hydrogen) atoms. The highest BCUT2D eigenvalue weighted by Gasteiger charge is 2.52. The molecule has 19 N–H and O–H groups in total. The van der Waals surface area contributed by atoms with Crippen molar-refractivity contribution in [2.45, 2.75) is 190 Å². The number of nitrogens with one attached hydrogen (secondary N) is 2. The van der Waals surface area contributed by atoms with Crippen LogP contribution >= 0.6 is 59.3 Å². The first-order valence-electron chi connectivity index (χ1n) is 29.3. The lowest BCUT2D eigenvalue weighted by Gasteiger charge is -2.47. The second kappa shape index (κ2) is 38.4. The van der Waals surface area contributed by atoms with E-state index < -0.39 is 183 Å². The topological polar surface area (TPSA) is 460 Å². The normalized spacial score (nSPS) is 40.6. The third-order valence-electron chi connectivity index (χ3n) is 15.8. The first-order valence-corrected chi connectivity index (χ1v) is 34.0. The molecule has 25 atom stereocenters. The second-order valence-electron chi connectivity index (χ2n) is 22.3. The molecule has 0 aliphatic carbocycles. The Bertz CT molecular complexity index is 1780. The molecule has 8 aliphatic rings. The SMILES string of the molecule is OCC1O[C@H](SCCCOCC(CNC(=S)NCCSCC2O[C@@H]3O[C@@H]4C(CO)O[C@H](OCCCCC[C@H]2[C@H](O)C3O)C(O)[C@H]4O)(COCCCS[C@@H]2OC(CO)[C@@H](O)[C@H](O)C2O)COCCCS[C@@H]2OC(CO)[C@@H](O)[C@H](O)C2O)C(O)[C@@H](O)[C@@H]1O. The predicted molar refractivity (Wildman–Crippen MR) is 315 cm³/mol. The van der Waals surface area contributed by atoms with Crippen LogP contribution in [0.1, 0.15) is 44.9 Å². The lowest BCUT2D eigenvalue weighted by Crippen LogP contribution is -2.63. The molecule has 0 spiro atoms. The number of fused-ring (bicyclic) bond motifs is 2. The fraction of sp³-hybridized carbons (Fsp3) is 0.981. The minimum absolute atomic E-state index is 0.0541. The number of thiocarbonyl (C=S) groups is 1. The molecule has 8 heterocycles. The van der Waals surface area contributed by atoms with E-state index in [4.69, 9.17) is 59.6 Å². The van der Waals surface area contributed by atoms with Crippen LogP contribution in [0.3, 0.4) is 0 Å². The van der Waals surface area contributed by atoms with Crippen molar-refractivity contribution < 1.29 is 134 Å². The first kappa shape index (κ1) is 75.0. The average molecular weight is 1340 g/mol. The molecule has 4 bridgehead atoms. The second-order valence-corrected chi connectivity index (χ2v) is 27.5. The molecule has 8 fully saturated rings. The maximum Gasteiger partial charge on any atom is 0.186 e. The van der Waals surface area contributed by atoms with Crippen LogP contribution < -0.4 is 10.6 Å². The summed E-state index contributed by atoms with van der Waals surface area (Å²) in [5.74, 6) is 1.54. The fourth-order valence-electron chi connectivity index (χ4n) is 10.6. The standard InChI is InChI=1S/C52H94N2O27S5/c55-17-27-33(60)36(63)42(69)48(78-27)84-13-4-9-72-23-52(24-73-10-5-14-85-49-43(70)37(64)34(61)28(18-56)79-49,25-74-11-6-15-86-50-44(71)38(65)35(62)29(19-57)80-50)22-54-51(82)53-8-16-83-21-31-26-7-2-1-3-12-75-46-41(68)39(66)45(30(20-58)76-46)81-47(77-31)40(67)32(26)59/h26-50,55-71H,1-25H2,(H2,53,54,82)/t26-,27?,28?,29?,30?,31?,32+,33-,34-,35-,36+,37+,38+,39-,40?,41?,42?,43?,44?,45-,46+,47-,48-,49+,50+,52?/m1/s1. The van der Waals surface area contributed by atoms with Gasteiger partial charge in [0.2, 0.25) is 0 Å². The van der Waals surface area contributed by atoms with Gasteiger partial charge in [-0.05, 0) is 61.6 Å². The zero-order valence-corrected chi connectivity index (χ0v) is 51.9. The summed E-state index contributed by atoms with van der Waals surface area (Å²) in [7, 11) is 0. The molecule has 0 amide bonds. The smallest absolute Gasteiger partial charge is 0.186 e. The van der Waals surface area contributed by atoms with E-state index in [0.29, 0.717) is 80.3 Å². The molecule has 0 aromatic carbocycles. The van der Waals surface area contributed by atoms with Crippen LogP contribution in [0.5, 0.6) is 0 Å². The summed E-state index contributed by atoms with van der Waals surface area (Å²) in [5, 5.41) is 184. The van der Waals surface area contributed by atoms with Gasteiger partial charge in [0.15, 0.2) is 17.7 Å². The van der Waals surface area contributed by atoms with Gasteiger partial charge in [0.1, 0.15) is 120 Å². The van der Waals surface area contributed by atoms with Crippen molar-refractivity contribution in [3.05, 3.63) is 0 Å². The molecule has 8 saturated heterocycles. The molecule has 34 heteroatoms. The van der Waals surface area contributed by atoms with Gasteiger partial charge in [-0.25, -0.2) is 0 Å². The average Bonchev–Trinajstić information content (AvgIpc) is 2.64. The number of ether oxygens (including phenoxy) is 10. The Morgan fingerprint density at radius 3 is 1.37 bits per heavy atom. The van der Waals surface area contributed by atoms with E-state index in [1.54, 1.807) is 0 Å². The monoisotopic (exact) mass is 1340 g/mol. The molecular weight excluding hydrogens is 1240 g/mol. The Hall–Kier alpha value is 0.01000. The maximum atomic E-state index is 11.4. The number of aliphatic hydroxyl groups excluding tert-OH is 17. The number of hydrogen-bond acceptors (Lipinski definition) is 32. The van der Waals surface area contributed by atoms with Crippen LogP contribution in [-0.2, 0) is 47.4 Å². The van der Waals surface area contributed by atoms with E-state index in [1.165, 1.54) is 47.0 Å². The summed E-state index contributed by atoms with van der Waals surface area (Å²) in [4.78, 5) is 0. The third kappa shape index (κ3) is 21.3. The Labute approximate surface area is 522 Å². The van der Waals surface area contributed by atoms with Crippen molar-refractivity contribution in [1.29, 1.82) is 0 Å². The molecule has 8 aliphatic heterocycles. The van der Waals surface area contributed by atoms with Gasteiger partial charge in [-0.15, -0.1) is 35.3 Å². The predicted octanol–water partition coefficient (Wildman–Crippen LogP) is -6.53. The van der Waals surface area contributed by atoms with Crippen molar-refractivity contribution in [2.24, 2.45) is 11.3 Å². The number of thioether (sulfide) groups is 4.